The summed E-state index contributed by atoms with van der Waals surface area (Å²) >= 11 is 0. The molecule has 1 unspecified atom stereocenters. The SMILES string of the molecule is CC(C)N(C)C(CS(=O)(=O)NC(=O)Nc1c2c(cc3c1CCC3)CCC2)c1ccccc1. The van der Waals surface area contributed by atoms with Crippen LogP contribution < -0.4 is 10.0 Å². The molecule has 2 amide bonds. The molecule has 4 rings (SSSR count). The second kappa shape index (κ2) is 9.24. The third-order valence-corrected chi connectivity index (χ3v) is 8.08. The lowest BCUT2D eigenvalue weighted by molar-refractivity contribution is 0.211. The fraction of sp³-hybridized carbons (Fsp3) is 0.480. The minimum atomic E-state index is -3.86. The van der Waals surface area contributed by atoms with E-state index in [9.17, 15) is 13.2 Å². The van der Waals surface area contributed by atoms with Gasteiger partial charge in [0.15, 0.2) is 0 Å². The number of rotatable bonds is 7. The summed E-state index contributed by atoms with van der Waals surface area (Å²) < 4.78 is 28.3. The first kappa shape index (κ1) is 22.8. The highest BCUT2D eigenvalue weighted by Gasteiger charge is 2.29. The van der Waals surface area contributed by atoms with Crippen LogP contribution in [-0.2, 0) is 35.7 Å². The summed E-state index contributed by atoms with van der Waals surface area (Å²) in [5.41, 5.74) is 6.71. The number of amides is 2. The number of urea groups is 1. The lowest BCUT2D eigenvalue weighted by atomic mass is 9.99. The van der Waals surface area contributed by atoms with Gasteiger partial charge in [0, 0.05) is 11.7 Å². The van der Waals surface area contributed by atoms with Gasteiger partial charge in [0.25, 0.3) is 0 Å². The van der Waals surface area contributed by atoms with E-state index < -0.39 is 16.1 Å². The lowest BCUT2D eigenvalue weighted by Gasteiger charge is -2.31. The van der Waals surface area contributed by atoms with Gasteiger partial charge in [-0.25, -0.2) is 17.9 Å². The summed E-state index contributed by atoms with van der Waals surface area (Å²) in [5, 5.41) is 2.92. The van der Waals surface area contributed by atoms with Gasteiger partial charge in [-0.2, -0.15) is 0 Å². The highest BCUT2D eigenvalue weighted by molar-refractivity contribution is 7.90. The molecule has 0 radical (unpaired) electrons. The number of anilines is 1. The van der Waals surface area contributed by atoms with Gasteiger partial charge in [0.2, 0.25) is 10.0 Å². The second-order valence-electron chi connectivity index (χ2n) is 9.26. The average molecular weight is 456 g/mol. The topological polar surface area (TPSA) is 78.5 Å². The molecule has 2 aromatic carbocycles. The molecule has 0 aromatic heterocycles. The van der Waals surface area contributed by atoms with Crippen molar-refractivity contribution < 1.29 is 13.2 Å². The van der Waals surface area contributed by atoms with Crippen molar-refractivity contribution in [3.8, 4) is 0 Å². The molecule has 0 saturated carbocycles. The van der Waals surface area contributed by atoms with Crippen molar-refractivity contribution in [3.05, 3.63) is 64.2 Å². The summed E-state index contributed by atoms with van der Waals surface area (Å²) in [6.45, 7) is 4.05. The van der Waals surface area contributed by atoms with E-state index in [2.05, 4.69) is 16.1 Å². The van der Waals surface area contributed by atoms with Gasteiger partial charge in [0.1, 0.15) is 0 Å². The quantitative estimate of drug-likeness (QED) is 0.656. The normalized spacial score (nSPS) is 16.2. The Hall–Kier alpha value is -2.38. The van der Waals surface area contributed by atoms with E-state index in [1.807, 2.05) is 56.1 Å². The second-order valence-corrected chi connectivity index (χ2v) is 11.0. The van der Waals surface area contributed by atoms with Crippen molar-refractivity contribution in [2.75, 3.05) is 18.1 Å². The number of nitrogens with one attached hydrogen (secondary N) is 2. The van der Waals surface area contributed by atoms with Crippen LogP contribution in [0.3, 0.4) is 0 Å². The maximum atomic E-state index is 13.0. The third-order valence-electron chi connectivity index (χ3n) is 6.83. The van der Waals surface area contributed by atoms with Crippen LogP contribution in [-0.4, -0.2) is 38.2 Å². The summed E-state index contributed by atoms with van der Waals surface area (Å²) in [4.78, 5) is 14.9. The summed E-state index contributed by atoms with van der Waals surface area (Å²) in [6, 6.07) is 11.0. The molecule has 2 aliphatic rings. The number of carbonyl (C=O) groups is 1. The van der Waals surface area contributed by atoms with Crippen LogP contribution >= 0.6 is 0 Å². The number of fused-ring (bicyclic) bond motifs is 2. The van der Waals surface area contributed by atoms with E-state index in [4.69, 9.17) is 0 Å². The van der Waals surface area contributed by atoms with E-state index in [-0.39, 0.29) is 17.8 Å². The number of carbonyl (C=O) groups excluding carboxylic acids is 1. The van der Waals surface area contributed by atoms with Crippen LogP contribution in [0.2, 0.25) is 0 Å². The van der Waals surface area contributed by atoms with Crippen molar-refractivity contribution in [1.29, 1.82) is 0 Å². The minimum Gasteiger partial charge on any atom is -0.307 e. The van der Waals surface area contributed by atoms with Gasteiger partial charge in [-0.05, 0) is 87.2 Å². The first-order chi connectivity index (χ1) is 15.2. The molecule has 0 bridgehead atoms. The maximum Gasteiger partial charge on any atom is 0.332 e. The third kappa shape index (κ3) is 4.84. The maximum absolute atomic E-state index is 13.0. The van der Waals surface area contributed by atoms with E-state index in [1.54, 1.807) is 0 Å². The monoisotopic (exact) mass is 455 g/mol. The molecule has 0 heterocycles. The van der Waals surface area contributed by atoms with Crippen LogP contribution in [0.5, 0.6) is 0 Å². The molecule has 6 nitrogen and oxygen atoms in total. The molecular formula is C25H33N3O3S. The van der Waals surface area contributed by atoms with Crippen LogP contribution in [0.4, 0.5) is 10.5 Å². The predicted octanol–water partition coefficient (Wildman–Crippen LogP) is 4.20. The van der Waals surface area contributed by atoms with Crippen molar-refractivity contribution >= 4 is 21.7 Å². The Kier molecular flexibility index (Phi) is 6.58. The summed E-state index contributed by atoms with van der Waals surface area (Å²) in [5.74, 6) is -0.190. The molecule has 0 spiro atoms. The highest BCUT2D eigenvalue weighted by Crippen LogP contribution is 2.38. The van der Waals surface area contributed by atoms with Gasteiger partial charge < -0.3 is 5.32 Å². The molecule has 0 aliphatic heterocycles. The average Bonchev–Trinajstić information content (AvgIpc) is 3.41. The van der Waals surface area contributed by atoms with E-state index >= 15 is 0 Å². The minimum absolute atomic E-state index is 0.152. The first-order valence-corrected chi connectivity index (χ1v) is 13.2. The lowest BCUT2D eigenvalue weighted by Crippen LogP contribution is -2.42. The molecule has 0 fully saturated rings. The zero-order valence-corrected chi connectivity index (χ0v) is 20.0. The Balaban J connectivity index is 1.52. The Labute approximate surface area is 191 Å². The van der Waals surface area contributed by atoms with Crippen LogP contribution in [0.25, 0.3) is 0 Å². The summed E-state index contributed by atoms with van der Waals surface area (Å²) in [6.07, 6.45) is 6.07. The summed E-state index contributed by atoms with van der Waals surface area (Å²) in [7, 11) is -1.95. The fourth-order valence-corrected chi connectivity index (χ4v) is 6.24. The van der Waals surface area contributed by atoms with Gasteiger partial charge >= 0.3 is 6.03 Å². The number of hydrogen-bond acceptors (Lipinski definition) is 4. The molecule has 1 atom stereocenters. The highest BCUT2D eigenvalue weighted by atomic mass is 32.2. The smallest absolute Gasteiger partial charge is 0.307 e. The molecule has 2 N–H and O–H groups in total. The van der Waals surface area contributed by atoms with Crippen LogP contribution in [0.1, 0.15) is 60.5 Å². The van der Waals surface area contributed by atoms with Crippen molar-refractivity contribution in [3.63, 3.8) is 0 Å². The molecule has 32 heavy (non-hydrogen) atoms. The molecule has 7 heteroatoms. The molecule has 0 saturated heterocycles. The standard InChI is InChI=1S/C25H33N3O3S/c1-17(2)28(3)23(18-9-5-4-6-10-18)16-32(30,31)27-25(29)26-24-21-13-7-11-19(21)15-20-12-8-14-22(20)24/h4-6,9-10,15,17,23H,7-8,11-14,16H2,1-3H3,(H2,26,27,29). The largest absolute Gasteiger partial charge is 0.332 e. The number of benzene rings is 2. The first-order valence-electron chi connectivity index (χ1n) is 11.5. The number of nitrogens with zero attached hydrogens (tertiary/aromatic N) is 1. The Morgan fingerprint density at radius 1 is 1.00 bits per heavy atom. The van der Waals surface area contributed by atoms with Crippen LogP contribution in [0, 0.1) is 0 Å². The number of sulfonamides is 1. The van der Waals surface area contributed by atoms with E-state index in [0.29, 0.717) is 0 Å². The zero-order valence-electron chi connectivity index (χ0n) is 19.1. The zero-order chi connectivity index (χ0) is 22.9. The van der Waals surface area contributed by atoms with Gasteiger partial charge in [0.05, 0.1) is 11.8 Å². The van der Waals surface area contributed by atoms with Gasteiger partial charge in [-0.15, -0.1) is 0 Å². The fourth-order valence-electron chi connectivity index (χ4n) is 4.98. The number of aryl methyl sites for hydroxylation is 2. The van der Waals surface area contributed by atoms with Crippen molar-refractivity contribution in [2.24, 2.45) is 0 Å². The van der Waals surface area contributed by atoms with Gasteiger partial charge in [-0.3, -0.25) is 4.90 Å². The van der Waals surface area contributed by atoms with Crippen molar-refractivity contribution in [1.82, 2.24) is 9.62 Å². The Bertz CT molecular complexity index is 1060. The van der Waals surface area contributed by atoms with Crippen LogP contribution in [0.15, 0.2) is 36.4 Å². The van der Waals surface area contributed by atoms with E-state index in [1.165, 1.54) is 22.3 Å². The Morgan fingerprint density at radius 2 is 1.59 bits per heavy atom. The number of hydrogen-bond donors (Lipinski definition) is 2. The predicted molar refractivity (Wildman–Crippen MR) is 129 cm³/mol. The molecule has 2 aliphatic carbocycles. The van der Waals surface area contributed by atoms with Gasteiger partial charge in [-0.1, -0.05) is 36.4 Å². The van der Waals surface area contributed by atoms with Crippen molar-refractivity contribution in [2.45, 2.75) is 64.5 Å². The Morgan fingerprint density at radius 3 is 2.16 bits per heavy atom. The molecule has 2 aromatic rings. The molecule has 172 valence electrons. The van der Waals surface area contributed by atoms with E-state index in [0.717, 1.165) is 49.8 Å². The molecular weight excluding hydrogens is 422 g/mol.